The second kappa shape index (κ2) is 5.08. The molecule has 6 nitrogen and oxygen atoms in total. The Morgan fingerprint density at radius 2 is 2.05 bits per heavy atom. The Labute approximate surface area is 115 Å². The fraction of sp³-hybridized carbons (Fsp3) is 0.143. The molecular weight excluding hydrogens is 254 g/mol. The summed E-state index contributed by atoms with van der Waals surface area (Å²) in [4.78, 5) is 16.2. The average molecular weight is 267 g/mol. The van der Waals surface area contributed by atoms with Crippen molar-refractivity contribution in [1.29, 1.82) is 0 Å². The van der Waals surface area contributed by atoms with Gasteiger partial charge in [0.1, 0.15) is 17.9 Å². The molecule has 1 N–H and O–H groups in total. The zero-order valence-corrected chi connectivity index (χ0v) is 10.9. The second-order valence-corrected chi connectivity index (χ2v) is 4.45. The van der Waals surface area contributed by atoms with Gasteiger partial charge in [0.05, 0.1) is 5.52 Å². The van der Waals surface area contributed by atoms with Gasteiger partial charge in [-0.05, 0) is 31.2 Å². The summed E-state index contributed by atoms with van der Waals surface area (Å²) in [5, 5.41) is 10.7. The highest BCUT2D eigenvalue weighted by Gasteiger charge is 2.09. The molecule has 0 radical (unpaired) electrons. The van der Waals surface area contributed by atoms with Crippen molar-refractivity contribution in [1.82, 2.24) is 20.0 Å². The maximum Gasteiger partial charge on any atom is 0.247 e. The number of hydrogen-bond donors (Lipinski definition) is 1. The number of carbonyl (C=O) groups excluding carboxylic acids is 1. The van der Waals surface area contributed by atoms with Crippen molar-refractivity contribution >= 4 is 22.8 Å². The maximum absolute atomic E-state index is 12.0. The molecule has 6 heteroatoms. The number of hydrogen-bond acceptors (Lipinski definition) is 4. The lowest BCUT2D eigenvalue weighted by Gasteiger charge is -2.05. The molecule has 0 bridgehead atoms. The molecule has 100 valence electrons. The van der Waals surface area contributed by atoms with E-state index in [0.717, 1.165) is 16.7 Å². The van der Waals surface area contributed by atoms with E-state index < -0.39 is 0 Å². The standard InChI is InChI=1S/C14H13N5O/c1-10-5-4-8-13(15-10)16-14(20)9-19-12-7-3-2-6-11(12)17-18-19/h2-8H,9H2,1H3,(H,15,16,20). The van der Waals surface area contributed by atoms with Crippen LogP contribution in [0.5, 0.6) is 0 Å². The van der Waals surface area contributed by atoms with E-state index in [0.29, 0.717) is 5.82 Å². The van der Waals surface area contributed by atoms with E-state index in [1.165, 1.54) is 0 Å². The molecule has 3 aromatic rings. The van der Waals surface area contributed by atoms with Gasteiger partial charge in [-0.1, -0.05) is 23.4 Å². The molecule has 2 heterocycles. The van der Waals surface area contributed by atoms with Gasteiger partial charge in [0.15, 0.2) is 0 Å². The third-order valence-corrected chi connectivity index (χ3v) is 2.87. The molecule has 0 saturated carbocycles. The Hall–Kier alpha value is -2.76. The lowest BCUT2D eigenvalue weighted by molar-refractivity contribution is -0.116. The number of pyridine rings is 1. The topological polar surface area (TPSA) is 72.7 Å². The van der Waals surface area contributed by atoms with Crippen LogP contribution in [0.1, 0.15) is 5.69 Å². The van der Waals surface area contributed by atoms with Crippen molar-refractivity contribution < 1.29 is 4.79 Å². The number of nitrogens with one attached hydrogen (secondary N) is 1. The molecule has 0 aliphatic rings. The van der Waals surface area contributed by atoms with Crippen LogP contribution in [0.4, 0.5) is 5.82 Å². The summed E-state index contributed by atoms with van der Waals surface area (Å²) in [5.41, 5.74) is 2.46. The lowest BCUT2D eigenvalue weighted by atomic mass is 10.3. The van der Waals surface area contributed by atoms with Crippen molar-refractivity contribution in [3.63, 3.8) is 0 Å². The monoisotopic (exact) mass is 267 g/mol. The van der Waals surface area contributed by atoms with Crippen LogP contribution in [-0.2, 0) is 11.3 Å². The Balaban J connectivity index is 1.76. The maximum atomic E-state index is 12.0. The molecule has 0 aliphatic heterocycles. The Morgan fingerprint density at radius 3 is 2.90 bits per heavy atom. The van der Waals surface area contributed by atoms with E-state index in [9.17, 15) is 4.79 Å². The SMILES string of the molecule is Cc1cccc(NC(=O)Cn2nnc3ccccc32)n1. The van der Waals surface area contributed by atoms with Crippen LogP contribution < -0.4 is 5.32 Å². The number of rotatable bonds is 3. The number of aryl methyl sites for hydroxylation is 1. The fourth-order valence-electron chi connectivity index (χ4n) is 1.97. The van der Waals surface area contributed by atoms with E-state index in [-0.39, 0.29) is 12.5 Å². The van der Waals surface area contributed by atoms with Crippen LogP contribution >= 0.6 is 0 Å². The smallest absolute Gasteiger partial charge is 0.247 e. The van der Waals surface area contributed by atoms with Gasteiger partial charge in [-0.3, -0.25) is 4.79 Å². The summed E-state index contributed by atoms with van der Waals surface area (Å²) < 4.78 is 1.57. The molecule has 0 spiro atoms. The zero-order valence-electron chi connectivity index (χ0n) is 10.9. The van der Waals surface area contributed by atoms with Crippen molar-refractivity contribution in [2.24, 2.45) is 0 Å². The number of benzene rings is 1. The number of nitrogens with zero attached hydrogens (tertiary/aromatic N) is 4. The number of fused-ring (bicyclic) bond motifs is 1. The molecule has 0 fully saturated rings. The molecule has 20 heavy (non-hydrogen) atoms. The molecule has 3 rings (SSSR count). The van der Waals surface area contributed by atoms with E-state index >= 15 is 0 Å². The first kappa shape index (κ1) is 12.3. The van der Waals surface area contributed by atoms with Crippen molar-refractivity contribution in [2.45, 2.75) is 13.5 Å². The molecule has 0 unspecified atom stereocenters. The zero-order chi connectivity index (χ0) is 13.9. The van der Waals surface area contributed by atoms with Gasteiger partial charge in [-0.2, -0.15) is 0 Å². The minimum absolute atomic E-state index is 0.107. The highest BCUT2D eigenvalue weighted by atomic mass is 16.2. The first-order chi connectivity index (χ1) is 9.72. The second-order valence-electron chi connectivity index (χ2n) is 4.45. The minimum Gasteiger partial charge on any atom is -0.309 e. The van der Waals surface area contributed by atoms with E-state index in [1.54, 1.807) is 10.7 Å². The summed E-state index contributed by atoms with van der Waals surface area (Å²) >= 11 is 0. The van der Waals surface area contributed by atoms with Crippen LogP contribution in [0.15, 0.2) is 42.5 Å². The molecule has 1 aromatic carbocycles. The number of amides is 1. The number of aromatic nitrogens is 4. The lowest BCUT2D eigenvalue weighted by Crippen LogP contribution is -2.20. The van der Waals surface area contributed by atoms with Gasteiger partial charge in [0.25, 0.3) is 0 Å². The first-order valence-corrected chi connectivity index (χ1v) is 6.24. The largest absolute Gasteiger partial charge is 0.309 e. The molecule has 0 saturated heterocycles. The van der Waals surface area contributed by atoms with Crippen molar-refractivity contribution in [3.05, 3.63) is 48.2 Å². The predicted molar refractivity (Wildman–Crippen MR) is 75.1 cm³/mol. The van der Waals surface area contributed by atoms with Crippen LogP contribution in [-0.4, -0.2) is 25.9 Å². The third kappa shape index (κ3) is 2.49. The summed E-state index contributed by atoms with van der Waals surface area (Å²) in [6, 6.07) is 13.0. The molecule has 1 amide bonds. The molecular formula is C14H13N5O. The van der Waals surface area contributed by atoms with Crippen LogP contribution in [0.2, 0.25) is 0 Å². The van der Waals surface area contributed by atoms with Gasteiger partial charge in [-0.25, -0.2) is 9.67 Å². The normalized spacial score (nSPS) is 10.7. The molecule has 2 aromatic heterocycles. The van der Waals surface area contributed by atoms with Gasteiger partial charge in [0, 0.05) is 5.69 Å². The number of anilines is 1. The van der Waals surface area contributed by atoms with Gasteiger partial charge >= 0.3 is 0 Å². The van der Waals surface area contributed by atoms with Crippen LogP contribution in [0.25, 0.3) is 11.0 Å². The molecule has 0 atom stereocenters. The summed E-state index contributed by atoms with van der Waals surface area (Å²) in [6.07, 6.45) is 0. The predicted octanol–water partition coefficient (Wildman–Crippen LogP) is 1.77. The Kier molecular flexibility index (Phi) is 3.12. The van der Waals surface area contributed by atoms with E-state index in [1.807, 2.05) is 43.3 Å². The Bertz CT molecular complexity index is 765. The first-order valence-electron chi connectivity index (χ1n) is 6.24. The number of carbonyl (C=O) groups is 1. The van der Waals surface area contributed by atoms with Gasteiger partial charge in [-0.15, -0.1) is 5.10 Å². The summed E-state index contributed by atoms with van der Waals surface area (Å²) in [7, 11) is 0. The average Bonchev–Trinajstić information content (AvgIpc) is 2.82. The van der Waals surface area contributed by atoms with Gasteiger partial charge < -0.3 is 5.32 Å². The quantitative estimate of drug-likeness (QED) is 0.785. The van der Waals surface area contributed by atoms with E-state index in [4.69, 9.17) is 0 Å². The third-order valence-electron chi connectivity index (χ3n) is 2.87. The molecule has 0 aliphatic carbocycles. The Morgan fingerprint density at radius 1 is 1.20 bits per heavy atom. The number of para-hydroxylation sites is 1. The summed E-state index contributed by atoms with van der Waals surface area (Å²) in [5.74, 6) is 0.359. The fourth-order valence-corrected chi connectivity index (χ4v) is 1.97. The summed E-state index contributed by atoms with van der Waals surface area (Å²) in [6.45, 7) is 1.98. The van der Waals surface area contributed by atoms with Crippen molar-refractivity contribution in [2.75, 3.05) is 5.32 Å². The van der Waals surface area contributed by atoms with Crippen molar-refractivity contribution in [3.8, 4) is 0 Å². The van der Waals surface area contributed by atoms with Crippen LogP contribution in [0, 0.1) is 6.92 Å². The minimum atomic E-state index is -0.182. The highest BCUT2D eigenvalue weighted by Crippen LogP contribution is 2.10. The highest BCUT2D eigenvalue weighted by molar-refractivity contribution is 5.90. The van der Waals surface area contributed by atoms with Gasteiger partial charge in [0.2, 0.25) is 5.91 Å². The van der Waals surface area contributed by atoms with Crippen LogP contribution in [0.3, 0.4) is 0 Å². The van der Waals surface area contributed by atoms with E-state index in [2.05, 4.69) is 20.6 Å².